The Kier molecular flexibility index (Phi) is 5.28. The Balaban J connectivity index is 3.23. The van der Waals surface area contributed by atoms with Crippen LogP contribution >= 0.6 is 15.9 Å². The molecule has 0 bridgehead atoms. The van der Waals surface area contributed by atoms with Crippen molar-refractivity contribution in [1.82, 2.24) is 0 Å². The number of aliphatic hydroxyl groups is 1. The minimum atomic E-state index is -0.884. The number of benzene rings is 1. The molecule has 4 N–H and O–H groups in total. The zero-order valence-corrected chi connectivity index (χ0v) is 12.3. The van der Waals surface area contributed by atoms with E-state index < -0.39 is 28.5 Å². The standard InChI is InChI=1S/C12H17BrN2O4/c1-3-6(2)11(16)10(14)8-4-7(13)5-9(12(8)17)15(18)19/h4-6,10-11,16-17H,3,14H2,1-2H3/t6?,10-,11+/m0/s1. The molecule has 1 aromatic rings. The minimum absolute atomic E-state index is 0.0764. The number of aliphatic hydroxyl groups excluding tert-OH is 1. The molecular formula is C12H17BrN2O4. The van der Waals surface area contributed by atoms with Gasteiger partial charge >= 0.3 is 5.69 Å². The van der Waals surface area contributed by atoms with E-state index in [2.05, 4.69) is 15.9 Å². The zero-order chi connectivity index (χ0) is 14.7. The SMILES string of the molecule is CCC(C)[C@@H](O)[C@@H](N)c1cc(Br)cc([N+](=O)[O-])c1O. The van der Waals surface area contributed by atoms with Crippen molar-refractivity contribution in [3.63, 3.8) is 0 Å². The molecule has 0 aromatic heterocycles. The van der Waals surface area contributed by atoms with Crippen LogP contribution in [0, 0.1) is 16.0 Å². The molecule has 0 aliphatic rings. The molecule has 0 spiro atoms. The smallest absolute Gasteiger partial charge is 0.312 e. The van der Waals surface area contributed by atoms with Gasteiger partial charge < -0.3 is 15.9 Å². The maximum Gasteiger partial charge on any atom is 0.312 e. The number of phenolic OH excluding ortho intramolecular Hbond substituents is 1. The Morgan fingerprint density at radius 1 is 1.53 bits per heavy atom. The normalized spacial score (nSPS) is 15.8. The highest BCUT2D eigenvalue weighted by molar-refractivity contribution is 9.10. The molecule has 6 nitrogen and oxygen atoms in total. The largest absolute Gasteiger partial charge is 0.502 e. The molecule has 19 heavy (non-hydrogen) atoms. The predicted octanol–water partition coefficient (Wildman–Crippen LogP) is 2.47. The van der Waals surface area contributed by atoms with Gasteiger partial charge in [-0.2, -0.15) is 0 Å². The van der Waals surface area contributed by atoms with Gasteiger partial charge in [-0.05, 0) is 12.0 Å². The second-order valence-electron chi connectivity index (χ2n) is 4.52. The number of aromatic hydroxyl groups is 1. The lowest BCUT2D eigenvalue weighted by atomic mass is 9.91. The summed E-state index contributed by atoms with van der Waals surface area (Å²) in [5, 5.41) is 30.8. The molecule has 0 saturated heterocycles. The number of nitro benzene ring substituents is 1. The van der Waals surface area contributed by atoms with Crippen LogP contribution in [0.3, 0.4) is 0 Å². The second-order valence-corrected chi connectivity index (χ2v) is 5.44. The lowest BCUT2D eigenvalue weighted by Gasteiger charge is -2.24. The summed E-state index contributed by atoms with van der Waals surface area (Å²) < 4.78 is 0.429. The number of halogens is 1. The Morgan fingerprint density at radius 3 is 2.58 bits per heavy atom. The first-order valence-electron chi connectivity index (χ1n) is 5.90. The van der Waals surface area contributed by atoms with Gasteiger partial charge in [-0.15, -0.1) is 0 Å². The van der Waals surface area contributed by atoms with Crippen molar-refractivity contribution in [2.75, 3.05) is 0 Å². The van der Waals surface area contributed by atoms with E-state index in [1.807, 2.05) is 13.8 Å². The molecule has 106 valence electrons. The number of rotatable bonds is 5. The van der Waals surface area contributed by atoms with Gasteiger partial charge in [-0.25, -0.2) is 0 Å². The topological polar surface area (TPSA) is 110 Å². The number of nitrogens with two attached hydrogens (primary N) is 1. The molecule has 0 aliphatic heterocycles. The quantitative estimate of drug-likeness (QED) is 0.566. The van der Waals surface area contributed by atoms with Crippen LogP contribution in [-0.2, 0) is 0 Å². The van der Waals surface area contributed by atoms with E-state index in [-0.39, 0.29) is 11.5 Å². The van der Waals surface area contributed by atoms with Gasteiger partial charge in [0.25, 0.3) is 0 Å². The molecule has 0 amide bonds. The highest BCUT2D eigenvalue weighted by Gasteiger charge is 2.28. The second kappa shape index (κ2) is 6.31. The number of nitrogens with zero attached hydrogens (tertiary/aromatic N) is 1. The minimum Gasteiger partial charge on any atom is -0.502 e. The van der Waals surface area contributed by atoms with Crippen molar-refractivity contribution in [2.24, 2.45) is 11.7 Å². The van der Waals surface area contributed by atoms with E-state index in [0.717, 1.165) is 0 Å². The third-order valence-corrected chi connectivity index (χ3v) is 3.69. The van der Waals surface area contributed by atoms with Crippen molar-refractivity contribution in [3.8, 4) is 5.75 Å². The van der Waals surface area contributed by atoms with Crippen molar-refractivity contribution in [3.05, 3.63) is 32.3 Å². The molecule has 0 heterocycles. The van der Waals surface area contributed by atoms with Crippen LogP contribution in [0.5, 0.6) is 5.75 Å². The number of nitro groups is 1. The van der Waals surface area contributed by atoms with Crippen LogP contribution < -0.4 is 5.73 Å². The van der Waals surface area contributed by atoms with Crippen LogP contribution in [0.25, 0.3) is 0 Å². The number of hydrogen-bond acceptors (Lipinski definition) is 5. The van der Waals surface area contributed by atoms with Crippen LogP contribution in [0.2, 0.25) is 0 Å². The molecule has 7 heteroatoms. The molecular weight excluding hydrogens is 316 g/mol. The first kappa shape index (κ1) is 15.9. The van der Waals surface area contributed by atoms with Gasteiger partial charge in [0.05, 0.1) is 17.1 Å². The van der Waals surface area contributed by atoms with Crippen molar-refractivity contribution >= 4 is 21.6 Å². The zero-order valence-electron chi connectivity index (χ0n) is 10.7. The third kappa shape index (κ3) is 3.43. The van der Waals surface area contributed by atoms with E-state index in [4.69, 9.17) is 5.73 Å². The maximum absolute atomic E-state index is 10.8. The summed E-state index contributed by atoms with van der Waals surface area (Å²) in [5.74, 6) is -0.574. The maximum atomic E-state index is 10.8. The lowest BCUT2D eigenvalue weighted by Crippen LogP contribution is -2.31. The fourth-order valence-corrected chi connectivity index (χ4v) is 2.24. The van der Waals surface area contributed by atoms with Gasteiger partial charge in [0.15, 0.2) is 5.75 Å². The summed E-state index contributed by atoms with van der Waals surface area (Å²) in [6.07, 6.45) is -0.170. The summed E-state index contributed by atoms with van der Waals surface area (Å²) in [5.41, 5.74) is 5.63. The van der Waals surface area contributed by atoms with Crippen molar-refractivity contribution in [1.29, 1.82) is 0 Å². The Hall–Kier alpha value is -1.18. The van der Waals surface area contributed by atoms with E-state index >= 15 is 0 Å². The highest BCUT2D eigenvalue weighted by atomic mass is 79.9. The van der Waals surface area contributed by atoms with E-state index in [0.29, 0.717) is 10.9 Å². The van der Waals surface area contributed by atoms with Crippen molar-refractivity contribution < 1.29 is 15.1 Å². The Labute approximate surface area is 119 Å². The van der Waals surface area contributed by atoms with Crippen LogP contribution in [0.1, 0.15) is 31.9 Å². The fraction of sp³-hybridized carbons (Fsp3) is 0.500. The van der Waals surface area contributed by atoms with Crippen LogP contribution in [0.15, 0.2) is 16.6 Å². The van der Waals surface area contributed by atoms with Crippen LogP contribution in [0.4, 0.5) is 5.69 Å². The number of hydrogen-bond donors (Lipinski definition) is 3. The third-order valence-electron chi connectivity index (χ3n) is 3.23. The van der Waals surface area contributed by atoms with Gasteiger partial charge in [0.2, 0.25) is 0 Å². The molecule has 0 radical (unpaired) electrons. The molecule has 0 aliphatic carbocycles. The van der Waals surface area contributed by atoms with E-state index in [9.17, 15) is 20.3 Å². The first-order valence-corrected chi connectivity index (χ1v) is 6.69. The van der Waals surface area contributed by atoms with Gasteiger partial charge in [0, 0.05) is 16.1 Å². The Morgan fingerprint density at radius 2 is 2.11 bits per heavy atom. The summed E-state index contributed by atoms with van der Waals surface area (Å²) in [6.45, 7) is 3.73. The van der Waals surface area contributed by atoms with Crippen LogP contribution in [-0.4, -0.2) is 21.2 Å². The molecule has 1 unspecified atom stereocenters. The molecule has 1 aromatic carbocycles. The van der Waals surface area contributed by atoms with E-state index in [1.165, 1.54) is 12.1 Å². The van der Waals surface area contributed by atoms with Crippen molar-refractivity contribution in [2.45, 2.75) is 32.4 Å². The molecule has 1 rings (SSSR count). The molecule has 3 atom stereocenters. The molecule has 0 fully saturated rings. The Bertz CT molecular complexity index is 481. The highest BCUT2D eigenvalue weighted by Crippen LogP contribution is 2.38. The lowest BCUT2D eigenvalue weighted by molar-refractivity contribution is -0.386. The predicted molar refractivity (Wildman–Crippen MR) is 74.9 cm³/mol. The van der Waals surface area contributed by atoms with E-state index in [1.54, 1.807) is 0 Å². The summed E-state index contributed by atoms with van der Waals surface area (Å²) in [4.78, 5) is 10.1. The van der Waals surface area contributed by atoms with Gasteiger partial charge in [-0.1, -0.05) is 36.2 Å². The van der Waals surface area contributed by atoms with Gasteiger partial charge in [-0.3, -0.25) is 10.1 Å². The average Bonchev–Trinajstić information content (AvgIpc) is 2.37. The average molecular weight is 333 g/mol. The molecule has 0 saturated carbocycles. The fourth-order valence-electron chi connectivity index (χ4n) is 1.78. The summed E-state index contributed by atoms with van der Waals surface area (Å²) >= 11 is 3.13. The summed E-state index contributed by atoms with van der Waals surface area (Å²) in [6, 6.07) is 1.80. The first-order chi connectivity index (χ1) is 8.79. The van der Waals surface area contributed by atoms with Gasteiger partial charge in [0.1, 0.15) is 0 Å². The monoisotopic (exact) mass is 332 g/mol. The summed E-state index contributed by atoms with van der Waals surface area (Å²) in [7, 11) is 0. The number of phenols is 1.